The average molecular weight is 220 g/mol. The second-order valence-electron chi connectivity index (χ2n) is 4.65. The zero-order chi connectivity index (χ0) is 11.9. The lowest BCUT2D eigenvalue weighted by Gasteiger charge is -2.29. The third-order valence-corrected chi connectivity index (χ3v) is 3.35. The van der Waals surface area contributed by atoms with Gasteiger partial charge in [-0.05, 0) is 46.0 Å². The molecule has 0 amide bonds. The molecule has 1 nitrogen and oxygen atoms in total. The van der Waals surface area contributed by atoms with E-state index in [1.54, 1.807) is 0 Å². The summed E-state index contributed by atoms with van der Waals surface area (Å²) in [5, 5.41) is 0. The van der Waals surface area contributed by atoms with Gasteiger partial charge >= 0.3 is 0 Å². The first-order valence-electron chi connectivity index (χ1n) is 6.24. The number of allylic oxidation sites excluding steroid dienone is 2. The third-order valence-electron chi connectivity index (χ3n) is 3.35. The maximum Gasteiger partial charge on any atom is 0.0755 e. The molecule has 0 bridgehead atoms. The van der Waals surface area contributed by atoms with E-state index in [0.29, 0.717) is 6.61 Å². The molecule has 0 aromatic carbocycles. The molecule has 0 N–H and O–H groups in total. The predicted molar refractivity (Wildman–Crippen MR) is 70.5 cm³/mol. The van der Waals surface area contributed by atoms with E-state index in [-0.39, 0.29) is 5.60 Å². The van der Waals surface area contributed by atoms with Crippen molar-refractivity contribution >= 4 is 0 Å². The van der Waals surface area contributed by atoms with Crippen molar-refractivity contribution in [2.24, 2.45) is 0 Å². The smallest absolute Gasteiger partial charge is 0.0755 e. The summed E-state index contributed by atoms with van der Waals surface area (Å²) in [7, 11) is 0. The van der Waals surface area contributed by atoms with Gasteiger partial charge in [0.25, 0.3) is 0 Å². The van der Waals surface area contributed by atoms with Crippen LogP contribution in [0.5, 0.6) is 0 Å². The summed E-state index contributed by atoms with van der Waals surface area (Å²) < 4.78 is 5.96. The monoisotopic (exact) mass is 220 g/mol. The minimum Gasteiger partial charge on any atom is -0.370 e. The molecule has 0 spiro atoms. The Morgan fingerprint density at radius 3 is 2.69 bits per heavy atom. The van der Waals surface area contributed by atoms with Crippen LogP contribution in [0, 0.1) is 0 Å². The summed E-state index contributed by atoms with van der Waals surface area (Å²) in [6, 6.07) is 0. The van der Waals surface area contributed by atoms with Crippen molar-refractivity contribution in [3.8, 4) is 0 Å². The molecule has 1 heteroatoms. The van der Waals surface area contributed by atoms with Crippen LogP contribution in [0.2, 0.25) is 0 Å². The molecule has 1 aliphatic carbocycles. The molecule has 16 heavy (non-hydrogen) atoms. The van der Waals surface area contributed by atoms with Crippen LogP contribution in [0.3, 0.4) is 0 Å². The molecule has 0 fully saturated rings. The fraction of sp³-hybridized carbons (Fsp3) is 0.600. The maximum atomic E-state index is 5.96. The Hall–Kier alpha value is -0.820. The van der Waals surface area contributed by atoms with Gasteiger partial charge < -0.3 is 4.74 Å². The topological polar surface area (TPSA) is 9.23 Å². The van der Waals surface area contributed by atoms with Gasteiger partial charge in [-0.1, -0.05) is 29.9 Å². The fourth-order valence-electron chi connectivity index (χ4n) is 2.14. The van der Waals surface area contributed by atoms with Gasteiger partial charge in [0.05, 0.1) is 12.2 Å². The van der Waals surface area contributed by atoms with E-state index in [9.17, 15) is 0 Å². The lowest BCUT2D eigenvalue weighted by atomic mass is 9.92. The van der Waals surface area contributed by atoms with Crippen LogP contribution in [-0.4, -0.2) is 12.2 Å². The molecule has 0 aliphatic heterocycles. The minimum absolute atomic E-state index is 0.0716. The quantitative estimate of drug-likeness (QED) is 0.577. The standard InChI is InChI=1S/C15H24O/c1-4-13-16-15(10-6-7-11-15)12-8-9-14(3)5-2/h4-7H,1,8-13H2,2-3H3/b14-5+. The SMILES string of the molecule is C=CCOC1(CCC/C(C)=C/C)CC=CC1. The fourth-order valence-corrected chi connectivity index (χ4v) is 2.14. The highest BCUT2D eigenvalue weighted by molar-refractivity contribution is 5.06. The van der Waals surface area contributed by atoms with E-state index in [2.05, 4.69) is 38.7 Å². The van der Waals surface area contributed by atoms with Gasteiger partial charge in [-0.3, -0.25) is 0 Å². The largest absolute Gasteiger partial charge is 0.370 e. The number of hydrogen-bond acceptors (Lipinski definition) is 1. The second kappa shape index (κ2) is 6.70. The van der Waals surface area contributed by atoms with Crippen molar-refractivity contribution in [3.63, 3.8) is 0 Å². The third kappa shape index (κ3) is 3.97. The first kappa shape index (κ1) is 13.2. The van der Waals surface area contributed by atoms with Crippen molar-refractivity contribution in [1.82, 2.24) is 0 Å². The van der Waals surface area contributed by atoms with Crippen molar-refractivity contribution < 1.29 is 4.74 Å². The molecule has 0 saturated carbocycles. The first-order chi connectivity index (χ1) is 7.72. The van der Waals surface area contributed by atoms with Gasteiger partial charge in [-0.2, -0.15) is 0 Å². The lowest BCUT2D eigenvalue weighted by Crippen LogP contribution is -2.29. The molecule has 0 saturated heterocycles. The minimum atomic E-state index is 0.0716. The zero-order valence-electron chi connectivity index (χ0n) is 10.7. The van der Waals surface area contributed by atoms with Crippen molar-refractivity contribution in [2.75, 3.05) is 6.61 Å². The van der Waals surface area contributed by atoms with Crippen LogP contribution in [0.4, 0.5) is 0 Å². The lowest BCUT2D eigenvalue weighted by molar-refractivity contribution is -0.0286. The van der Waals surface area contributed by atoms with E-state index in [1.165, 1.54) is 18.4 Å². The van der Waals surface area contributed by atoms with E-state index in [4.69, 9.17) is 4.74 Å². The van der Waals surface area contributed by atoms with E-state index in [0.717, 1.165) is 19.3 Å². The normalized spacial score (nSPS) is 19.0. The zero-order valence-corrected chi connectivity index (χ0v) is 10.7. The molecular formula is C15H24O. The summed E-state index contributed by atoms with van der Waals surface area (Å²) in [6.45, 7) is 8.70. The Labute approximate surface area is 99.9 Å². The van der Waals surface area contributed by atoms with Crippen LogP contribution in [0.15, 0.2) is 36.5 Å². The van der Waals surface area contributed by atoms with Crippen LogP contribution >= 0.6 is 0 Å². The highest BCUT2D eigenvalue weighted by Crippen LogP contribution is 2.33. The molecule has 90 valence electrons. The van der Waals surface area contributed by atoms with Gasteiger partial charge in [-0.15, -0.1) is 6.58 Å². The van der Waals surface area contributed by atoms with Gasteiger partial charge in [0.1, 0.15) is 0 Å². The summed E-state index contributed by atoms with van der Waals surface area (Å²) in [4.78, 5) is 0. The Kier molecular flexibility index (Phi) is 5.54. The summed E-state index contributed by atoms with van der Waals surface area (Å²) in [5.41, 5.74) is 1.55. The van der Waals surface area contributed by atoms with Crippen molar-refractivity contribution in [2.45, 2.75) is 51.6 Å². The molecule has 0 aromatic heterocycles. The van der Waals surface area contributed by atoms with Crippen LogP contribution in [0.1, 0.15) is 46.0 Å². The Morgan fingerprint density at radius 2 is 2.12 bits per heavy atom. The summed E-state index contributed by atoms with van der Waals surface area (Å²) in [6.07, 6.45) is 14.2. The molecule has 0 unspecified atom stereocenters. The van der Waals surface area contributed by atoms with E-state index < -0.39 is 0 Å². The molecule has 0 atom stereocenters. The summed E-state index contributed by atoms with van der Waals surface area (Å²) in [5.74, 6) is 0. The van der Waals surface area contributed by atoms with Gasteiger partial charge in [0.2, 0.25) is 0 Å². The second-order valence-corrected chi connectivity index (χ2v) is 4.65. The molecule has 1 rings (SSSR count). The molecule has 0 heterocycles. The average Bonchev–Trinajstić information content (AvgIpc) is 2.75. The van der Waals surface area contributed by atoms with E-state index >= 15 is 0 Å². The highest BCUT2D eigenvalue weighted by atomic mass is 16.5. The van der Waals surface area contributed by atoms with Crippen LogP contribution < -0.4 is 0 Å². The molecule has 0 radical (unpaired) electrons. The number of ether oxygens (including phenoxy) is 1. The summed E-state index contributed by atoms with van der Waals surface area (Å²) >= 11 is 0. The number of rotatable bonds is 7. The Bertz CT molecular complexity index is 265. The first-order valence-corrected chi connectivity index (χ1v) is 6.24. The van der Waals surface area contributed by atoms with Gasteiger partial charge in [0, 0.05) is 0 Å². The molecule has 1 aliphatic rings. The van der Waals surface area contributed by atoms with Gasteiger partial charge in [0.15, 0.2) is 0 Å². The van der Waals surface area contributed by atoms with E-state index in [1.807, 2.05) is 6.08 Å². The van der Waals surface area contributed by atoms with Gasteiger partial charge in [-0.25, -0.2) is 0 Å². The maximum absolute atomic E-state index is 5.96. The number of hydrogen-bond donors (Lipinski definition) is 0. The van der Waals surface area contributed by atoms with Crippen LogP contribution in [0.25, 0.3) is 0 Å². The van der Waals surface area contributed by atoms with Crippen LogP contribution in [-0.2, 0) is 4.74 Å². The van der Waals surface area contributed by atoms with Crippen molar-refractivity contribution in [1.29, 1.82) is 0 Å². The molecule has 0 aromatic rings. The highest BCUT2D eigenvalue weighted by Gasteiger charge is 2.30. The molecular weight excluding hydrogens is 196 g/mol. The Balaban J connectivity index is 2.36. The van der Waals surface area contributed by atoms with Crippen molar-refractivity contribution in [3.05, 3.63) is 36.5 Å². The predicted octanol–water partition coefficient (Wildman–Crippen LogP) is 4.41. The Morgan fingerprint density at radius 1 is 1.44 bits per heavy atom.